The van der Waals surface area contributed by atoms with Crippen LogP contribution in [0.2, 0.25) is 0 Å². The van der Waals surface area contributed by atoms with Gasteiger partial charge in [-0.05, 0) is 5.56 Å². The Morgan fingerprint density at radius 3 is 2.58 bits per heavy atom. The van der Waals surface area contributed by atoms with Crippen LogP contribution in [0.15, 0.2) is 30.3 Å². The molecule has 1 aliphatic heterocycles. The van der Waals surface area contributed by atoms with E-state index in [2.05, 4.69) is 0 Å². The molecule has 1 aliphatic rings. The number of aliphatic carboxylic acids is 1. The Balaban J connectivity index is 0.000000399. The summed E-state index contributed by atoms with van der Waals surface area (Å²) < 4.78 is 15.5. The highest BCUT2D eigenvalue weighted by atomic mass is 16.8. The van der Waals surface area contributed by atoms with Gasteiger partial charge in [0.1, 0.15) is 6.61 Å². The van der Waals surface area contributed by atoms with E-state index in [0.29, 0.717) is 13.2 Å². The minimum atomic E-state index is -0.833. The molecule has 106 valence electrons. The van der Waals surface area contributed by atoms with Crippen molar-refractivity contribution in [3.8, 4) is 0 Å². The first kappa shape index (κ1) is 15.6. The number of ether oxygens (including phenoxy) is 3. The predicted octanol–water partition coefficient (Wildman–Crippen LogP) is 0.985. The zero-order chi connectivity index (χ0) is 14.1. The minimum absolute atomic E-state index is 0.222. The zero-order valence-corrected chi connectivity index (χ0v) is 10.7. The van der Waals surface area contributed by atoms with E-state index >= 15 is 0 Å². The molecule has 1 aromatic rings. The van der Waals surface area contributed by atoms with Crippen LogP contribution in [0.25, 0.3) is 0 Å². The van der Waals surface area contributed by atoms with Gasteiger partial charge >= 0.3 is 0 Å². The van der Waals surface area contributed by atoms with Gasteiger partial charge in [-0.2, -0.15) is 0 Å². The summed E-state index contributed by atoms with van der Waals surface area (Å²) in [7, 11) is 0. The summed E-state index contributed by atoms with van der Waals surface area (Å²) in [6.07, 6.45) is -1.25. The first-order valence-corrected chi connectivity index (χ1v) is 5.84. The normalized spacial score (nSPS) is 21.6. The molecule has 19 heavy (non-hydrogen) atoms. The Morgan fingerprint density at radius 1 is 1.42 bits per heavy atom. The molecule has 0 aromatic heterocycles. The highest BCUT2D eigenvalue weighted by Crippen LogP contribution is 2.10. The Bertz CT molecular complexity index is 363. The van der Waals surface area contributed by atoms with Crippen molar-refractivity contribution in [2.45, 2.75) is 26.1 Å². The molecular formula is C13H18O6. The smallest absolute Gasteiger partial charge is 0.300 e. The lowest BCUT2D eigenvalue weighted by atomic mass is 10.2. The van der Waals surface area contributed by atoms with Crippen LogP contribution < -0.4 is 0 Å². The standard InChI is InChI=1S/C11H14O4.C2H4O2/c12-10-7-14-11(15-10)8-13-6-9-4-2-1-3-5-9;1-2(3)4/h1-5,10-12H,6-8H2;1H3,(H,3,4)/t10?,11-;/m1./s1. The van der Waals surface area contributed by atoms with Gasteiger partial charge in [0.25, 0.3) is 5.97 Å². The first-order valence-electron chi connectivity index (χ1n) is 5.84. The number of hydrogen-bond acceptors (Lipinski definition) is 5. The molecular weight excluding hydrogens is 252 g/mol. The van der Waals surface area contributed by atoms with Crippen molar-refractivity contribution in [2.24, 2.45) is 0 Å². The van der Waals surface area contributed by atoms with Crippen LogP contribution in [0.1, 0.15) is 12.5 Å². The van der Waals surface area contributed by atoms with E-state index in [0.717, 1.165) is 12.5 Å². The van der Waals surface area contributed by atoms with E-state index in [1.807, 2.05) is 30.3 Å². The van der Waals surface area contributed by atoms with E-state index in [-0.39, 0.29) is 6.61 Å². The summed E-state index contributed by atoms with van der Waals surface area (Å²) in [5, 5.41) is 16.4. The third-order valence-corrected chi connectivity index (χ3v) is 2.10. The molecule has 2 atom stereocenters. The first-order chi connectivity index (χ1) is 9.08. The lowest BCUT2D eigenvalue weighted by Gasteiger charge is -2.09. The number of benzene rings is 1. The van der Waals surface area contributed by atoms with E-state index in [4.69, 9.17) is 29.2 Å². The molecule has 1 unspecified atom stereocenters. The van der Waals surface area contributed by atoms with Crippen LogP contribution in [0.3, 0.4) is 0 Å². The molecule has 2 N–H and O–H groups in total. The fourth-order valence-electron chi connectivity index (χ4n) is 1.38. The maximum atomic E-state index is 9.01. The van der Waals surface area contributed by atoms with Gasteiger partial charge in [0.05, 0.1) is 13.2 Å². The molecule has 1 saturated heterocycles. The summed E-state index contributed by atoms with van der Waals surface area (Å²) >= 11 is 0. The molecule has 0 radical (unpaired) electrons. The van der Waals surface area contributed by atoms with Crippen molar-refractivity contribution in [1.29, 1.82) is 0 Å². The molecule has 0 amide bonds. The van der Waals surface area contributed by atoms with Crippen LogP contribution in [0.4, 0.5) is 0 Å². The second-order valence-electron chi connectivity index (χ2n) is 3.87. The molecule has 2 rings (SSSR count). The average molecular weight is 270 g/mol. The van der Waals surface area contributed by atoms with Crippen LogP contribution in [0.5, 0.6) is 0 Å². The minimum Gasteiger partial charge on any atom is -0.481 e. The maximum Gasteiger partial charge on any atom is 0.300 e. The number of carbonyl (C=O) groups is 1. The van der Waals surface area contributed by atoms with E-state index < -0.39 is 18.5 Å². The second kappa shape index (κ2) is 8.60. The fraction of sp³-hybridized carbons (Fsp3) is 0.462. The molecule has 6 nitrogen and oxygen atoms in total. The van der Waals surface area contributed by atoms with E-state index in [9.17, 15) is 0 Å². The molecule has 0 saturated carbocycles. The van der Waals surface area contributed by atoms with Crippen molar-refractivity contribution in [1.82, 2.24) is 0 Å². The highest BCUT2D eigenvalue weighted by Gasteiger charge is 2.23. The average Bonchev–Trinajstić information content (AvgIpc) is 2.76. The number of carboxylic acid groups (broad SMARTS) is 1. The Kier molecular flexibility index (Phi) is 7.06. The molecule has 0 spiro atoms. The monoisotopic (exact) mass is 270 g/mol. The Labute approximate surface area is 111 Å². The maximum absolute atomic E-state index is 9.01. The molecule has 0 aliphatic carbocycles. The van der Waals surface area contributed by atoms with E-state index in [1.165, 1.54) is 0 Å². The molecule has 1 heterocycles. The summed E-state index contributed by atoms with van der Waals surface area (Å²) in [6, 6.07) is 9.87. The van der Waals surface area contributed by atoms with Crippen molar-refractivity contribution in [3.63, 3.8) is 0 Å². The summed E-state index contributed by atoms with van der Waals surface area (Å²) in [5.74, 6) is -0.833. The van der Waals surface area contributed by atoms with Crippen molar-refractivity contribution in [3.05, 3.63) is 35.9 Å². The Morgan fingerprint density at radius 2 is 2.05 bits per heavy atom. The van der Waals surface area contributed by atoms with Crippen molar-refractivity contribution >= 4 is 5.97 Å². The number of carboxylic acids is 1. The van der Waals surface area contributed by atoms with Gasteiger partial charge in [0, 0.05) is 6.92 Å². The number of hydrogen-bond donors (Lipinski definition) is 2. The predicted molar refractivity (Wildman–Crippen MR) is 66.2 cm³/mol. The van der Waals surface area contributed by atoms with Crippen LogP contribution in [-0.4, -0.2) is 42.0 Å². The quantitative estimate of drug-likeness (QED) is 0.848. The largest absolute Gasteiger partial charge is 0.481 e. The van der Waals surface area contributed by atoms with E-state index in [1.54, 1.807) is 0 Å². The van der Waals surface area contributed by atoms with Gasteiger partial charge in [-0.1, -0.05) is 30.3 Å². The van der Waals surface area contributed by atoms with Gasteiger partial charge in [-0.3, -0.25) is 4.79 Å². The summed E-state index contributed by atoms with van der Waals surface area (Å²) in [4.78, 5) is 9.00. The zero-order valence-electron chi connectivity index (χ0n) is 10.7. The molecule has 1 aromatic carbocycles. The highest BCUT2D eigenvalue weighted by molar-refractivity contribution is 5.62. The van der Waals surface area contributed by atoms with Crippen LogP contribution in [0, 0.1) is 0 Å². The molecule has 0 bridgehead atoms. The number of aliphatic hydroxyl groups is 1. The van der Waals surface area contributed by atoms with Crippen LogP contribution in [-0.2, 0) is 25.6 Å². The summed E-state index contributed by atoms with van der Waals surface area (Å²) in [5.41, 5.74) is 1.11. The topological polar surface area (TPSA) is 85.2 Å². The lowest BCUT2D eigenvalue weighted by molar-refractivity contribution is -0.144. The fourth-order valence-corrected chi connectivity index (χ4v) is 1.38. The van der Waals surface area contributed by atoms with Gasteiger partial charge in [-0.15, -0.1) is 0 Å². The lowest BCUT2D eigenvalue weighted by Crippen LogP contribution is -2.17. The van der Waals surface area contributed by atoms with Crippen molar-refractivity contribution in [2.75, 3.05) is 13.2 Å². The Hall–Kier alpha value is -1.47. The van der Waals surface area contributed by atoms with Gasteiger partial charge in [0.15, 0.2) is 12.6 Å². The second-order valence-corrected chi connectivity index (χ2v) is 3.87. The number of aliphatic hydroxyl groups excluding tert-OH is 1. The third-order valence-electron chi connectivity index (χ3n) is 2.10. The van der Waals surface area contributed by atoms with Crippen LogP contribution >= 0.6 is 0 Å². The SMILES string of the molecule is CC(=O)O.OC1CO[C@@H](COCc2ccccc2)O1. The van der Waals surface area contributed by atoms with Crippen molar-refractivity contribution < 1.29 is 29.2 Å². The molecule has 1 fully saturated rings. The third kappa shape index (κ3) is 7.53. The number of rotatable bonds is 4. The van der Waals surface area contributed by atoms with Gasteiger partial charge in [0.2, 0.25) is 0 Å². The van der Waals surface area contributed by atoms with Gasteiger partial charge in [-0.25, -0.2) is 0 Å². The van der Waals surface area contributed by atoms with Gasteiger partial charge < -0.3 is 24.4 Å². The molecule has 6 heteroatoms. The summed E-state index contributed by atoms with van der Waals surface area (Å²) in [6.45, 7) is 2.17.